The largest absolute Gasteiger partial charge is 0.493 e. The second-order valence-electron chi connectivity index (χ2n) is 6.74. The number of benzene rings is 1. The molecule has 138 valence electrons. The van der Waals surface area contributed by atoms with Gasteiger partial charge in [0.2, 0.25) is 0 Å². The van der Waals surface area contributed by atoms with Crippen LogP contribution in [0.25, 0.3) is 0 Å². The molecular weight excluding hydrogens is 334 g/mol. The first kappa shape index (κ1) is 18.0. The van der Waals surface area contributed by atoms with Gasteiger partial charge in [0.1, 0.15) is 5.75 Å². The fraction of sp³-hybridized carbons (Fsp3) is 0.400. The molecule has 0 spiro atoms. The second-order valence-corrected chi connectivity index (χ2v) is 6.74. The van der Waals surface area contributed by atoms with E-state index >= 15 is 0 Å². The Kier molecular flexibility index (Phi) is 4.76. The van der Waals surface area contributed by atoms with Crippen LogP contribution in [0.4, 0.5) is 0 Å². The minimum absolute atomic E-state index is 0.00963. The SMILES string of the molecule is COc1cc([C@@H]2CC(=O)Oc3cc(C)n(C)c(=O)c32)ccc1OC(C)C. The van der Waals surface area contributed by atoms with Crippen LogP contribution in [0.15, 0.2) is 29.1 Å². The van der Waals surface area contributed by atoms with Crippen LogP contribution in [-0.4, -0.2) is 23.8 Å². The third-order valence-electron chi connectivity index (χ3n) is 4.57. The molecule has 6 nitrogen and oxygen atoms in total. The van der Waals surface area contributed by atoms with Crippen LogP contribution in [0.1, 0.15) is 43.0 Å². The summed E-state index contributed by atoms with van der Waals surface area (Å²) in [5, 5.41) is 0. The molecule has 0 amide bonds. The smallest absolute Gasteiger partial charge is 0.312 e. The van der Waals surface area contributed by atoms with E-state index in [1.54, 1.807) is 31.7 Å². The van der Waals surface area contributed by atoms with E-state index < -0.39 is 0 Å². The molecule has 0 unspecified atom stereocenters. The van der Waals surface area contributed by atoms with E-state index in [-0.39, 0.29) is 30.0 Å². The summed E-state index contributed by atoms with van der Waals surface area (Å²) in [5.41, 5.74) is 1.90. The maximum absolute atomic E-state index is 12.8. The van der Waals surface area contributed by atoms with E-state index in [0.29, 0.717) is 22.8 Å². The number of methoxy groups -OCH3 is 1. The van der Waals surface area contributed by atoms with Crippen molar-refractivity contribution in [3.63, 3.8) is 0 Å². The van der Waals surface area contributed by atoms with E-state index in [2.05, 4.69) is 0 Å². The Morgan fingerprint density at radius 1 is 1.19 bits per heavy atom. The number of rotatable bonds is 4. The first-order chi connectivity index (χ1) is 12.3. The summed E-state index contributed by atoms with van der Waals surface area (Å²) in [4.78, 5) is 24.9. The van der Waals surface area contributed by atoms with E-state index in [9.17, 15) is 9.59 Å². The van der Waals surface area contributed by atoms with Crippen molar-refractivity contribution in [3.05, 3.63) is 51.4 Å². The molecule has 26 heavy (non-hydrogen) atoms. The summed E-state index contributed by atoms with van der Waals surface area (Å²) in [7, 11) is 3.28. The summed E-state index contributed by atoms with van der Waals surface area (Å²) in [6.45, 7) is 5.68. The van der Waals surface area contributed by atoms with Gasteiger partial charge in [0.25, 0.3) is 5.56 Å². The number of hydrogen-bond donors (Lipinski definition) is 0. The minimum Gasteiger partial charge on any atom is -0.493 e. The zero-order chi connectivity index (χ0) is 19.0. The molecule has 1 aromatic carbocycles. The molecule has 0 radical (unpaired) electrons. The number of esters is 1. The van der Waals surface area contributed by atoms with Gasteiger partial charge in [-0.2, -0.15) is 0 Å². The predicted molar refractivity (Wildman–Crippen MR) is 97.3 cm³/mol. The molecule has 0 saturated heterocycles. The van der Waals surface area contributed by atoms with E-state index in [1.807, 2.05) is 32.0 Å². The van der Waals surface area contributed by atoms with Crippen LogP contribution >= 0.6 is 0 Å². The van der Waals surface area contributed by atoms with Crippen molar-refractivity contribution >= 4 is 5.97 Å². The van der Waals surface area contributed by atoms with Crippen LogP contribution < -0.4 is 19.8 Å². The van der Waals surface area contributed by atoms with Gasteiger partial charge in [0.05, 0.1) is 25.2 Å². The zero-order valence-electron chi connectivity index (χ0n) is 15.7. The van der Waals surface area contributed by atoms with Gasteiger partial charge in [0, 0.05) is 24.7 Å². The number of aryl methyl sites for hydroxylation is 1. The number of ether oxygens (including phenoxy) is 3. The van der Waals surface area contributed by atoms with Crippen molar-refractivity contribution in [2.24, 2.45) is 7.05 Å². The molecule has 0 aliphatic carbocycles. The molecule has 2 heterocycles. The molecule has 6 heteroatoms. The summed E-state index contributed by atoms with van der Waals surface area (Å²) in [6.07, 6.45) is 0.120. The first-order valence-electron chi connectivity index (χ1n) is 8.57. The summed E-state index contributed by atoms with van der Waals surface area (Å²) in [5.74, 6) is 0.805. The van der Waals surface area contributed by atoms with Gasteiger partial charge in [0.15, 0.2) is 11.5 Å². The molecule has 0 fully saturated rings. The maximum Gasteiger partial charge on any atom is 0.312 e. The second kappa shape index (κ2) is 6.86. The van der Waals surface area contributed by atoms with Crippen LogP contribution in [0.2, 0.25) is 0 Å². The summed E-state index contributed by atoms with van der Waals surface area (Å²) >= 11 is 0. The fourth-order valence-corrected chi connectivity index (χ4v) is 3.19. The Labute approximate surface area is 152 Å². The Morgan fingerprint density at radius 3 is 2.58 bits per heavy atom. The lowest BCUT2D eigenvalue weighted by molar-refractivity contribution is -0.135. The molecule has 0 bridgehead atoms. The van der Waals surface area contributed by atoms with Crippen molar-refractivity contribution in [3.8, 4) is 17.2 Å². The van der Waals surface area contributed by atoms with Gasteiger partial charge in [-0.3, -0.25) is 9.59 Å². The molecule has 3 rings (SSSR count). The molecule has 0 N–H and O–H groups in total. The van der Waals surface area contributed by atoms with Crippen molar-refractivity contribution in [2.75, 3.05) is 7.11 Å². The van der Waals surface area contributed by atoms with Crippen molar-refractivity contribution in [1.29, 1.82) is 0 Å². The predicted octanol–water partition coefficient (Wildman–Crippen LogP) is 2.93. The summed E-state index contributed by atoms with van der Waals surface area (Å²) < 4.78 is 18.1. The molecule has 1 aliphatic heterocycles. The van der Waals surface area contributed by atoms with Crippen molar-refractivity contribution in [2.45, 2.75) is 39.2 Å². The molecular formula is C20H23NO5. The van der Waals surface area contributed by atoms with Crippen LogP contribution in [0, 0.1) is 6.92 Å². The van der Waals surface area contributed by atoms with E-state index in [4.69, 9.17) is 14.2 Å². The zero-order valence-corrected chi connectivity index (χ0v) is 15.7. The highest BCUT2D eigenvalue weighted by molar-refractivity contribution is 5.77. The molecule has 1 aliphatic rings. The highest BCUT2D eigenvalue weighted by Crippen LogP contribution is 2.40. The van der Waals surface area contributed by atoms with Gasteiger partial charge >= 0.3 is 5.97 Å². The third kappa shape index (κ3) is 3.19. The number of carbonyl (C=O) groups excluding carboxylic acids is 1. The Bertz CT molecular complexity index is 913. The number of nitrogens with zero attached hydrogens (tertiary/aromatic N) is 1. The van der Waals surface area contributed by atoms with Gasteiger partial charge in [-0.15, -0.1) is 0 Å². The topological polar surface area (TPSA) is 66.8 Å². The van der Waals surface area contributed by atoms with Crippen LogP contribution in [0.5, 0.6) is 17.2 Å². The molecule has 2 aromatic rings. The van der Waals surface area contributed by atoms with Crippen LogP contribution in [0.3, 0.4) is 0 Å². The Hall–Kier alpha value is -2.76. The highest BCUT2D eigenvalue weighted by atomic mass is 16.5. The average molecular weight is 357 g/mol. The number of hydrogen-bond acceptors (Lipinski definition) is 5. The van der Waals surface area contributed by atoms with Gasteiger partial charge in [-0.25, -0.2) is 0 Å². The molecule has 1 aromatic heterocycles. The average Bonchev–Trinajstić information content (AvgIpc) is 2.58. The van der Waals surface area contributed by atoms with Crippen LogP contribution in [-0.2, 0) is 11.8 Å². The standard InChI is InChI=1S/C20H23NO5/c1-11(2)25-15-7-6-13(9-16(15)24-5)14-10-18(22)26-17-8-12(3)21(4)20(23)19(14)17/h6-9,11,14H,10H2,1-5H3/t14-/m0/s1. The van der Waals surface area contributed by atoms with Gasteiger partial charge in [-0.05, 0) is 38.5 Å². The normalized spacial score (nSPS) is 16.2. The van der Waals surface area contributed by atoms with E-state index in [1.165, 1.54) is 0 Å². The monoisotopic (exact) mass is 357 g/mol. The van der Waals surface area contributed by atoms with Crippen molar-refractivity contribution < 1.29 is 19.0 Å². The third-order valence-corrected chi connectivity index (χ3v) is 4.57. The minimum atomic E-state index is -0.382. The number of aromatic nitrogens is 1. The quantitative estimate of drug-likeness (QED) is 0.787. The van der Waals surface area contributed by atoms with Gasteiger partial charge < -0.3 is 18.8 Å². The van der Waals surface area contributed by atoms with Crippen molar-refractivity contribution in [1.82, 2.24) is 4.57 Å². The molecule has 1 atom stereocenters. The maximum atomic E-state index is 12.8. The Balaban J connectivity index is 2.12. The molecule has 0 saturated carbocycles. The van der Waals surface area contributed by atoms with Gasteiger partial charge in [-0.1, -0.05) is 6.07 Å². The lowest BCUT2D eigenvalue weighted by Gasteiger charge is -2.26. The number of fused-ring (bicyclic) bond motifs is 1. The fourth-order valence-electron chi connectivity index (χ4n) is 3.19. The van der Waals surface area contributed by atoms with E-state index in [0.717, 1.165) is 11.3 Å². The number of carbonyl (C=O) groups is 1. The lowest BCUT2D eigenvalue weighted by atomic mass is 9.86. The Morgan fingerprint density at radius 2 is 1.92 bits per heavy atom. The number of pyridine rings is 1. The lowest BCUT2D eigenvalue weighted by Crippen LogP contribution is -2.32. The highest BCUT2D eigenvalue weighted by Gasteiger charge is 2.32. The summed E-state index contributed by atoms with van der Waals surface area (Å²) in [6, 6.07) is 7.23. The first-order valence-corrected chi connectivity index (χ1v) is 8.57.